The van der Waals surface area contributed by atoms with Crippen LogP contribution in [0.4, 0.5) is 0 Å². The molecule has 0 atom stereocenters. The normalized spacial score (nSPS) is 10.2. The summed E-state index contributed by atoms with van der Waals surface area (Å²) in [4.78, 5) is 11.7. The van der Waals surface area contributed by atoms with Crippen LogP contribution in [0.25, 0.3) is 0 Å². The van der Waals surface area contributed by atoms with Gasteiger partial charge in [0.2, 0.25) is 0 Å². The zero-order chi connectivity index (χ0) is 12.5. The van der Waals surface area contributed by atoms with Crippen molar-refractivity contribution in [2.75, 3.05) is 13.2 Å². The van der Waals surface area contributed by atoms with Crippen LogP contribution in [0.5, 0.6) is 0 Å². The van der Waals surface area contributed by atoms with Gasteiger partial charge >= 0.3 is 0 Å². The number of unbranched alkanes of at least 4 members (excludes halogenated alkanes) is 3. The summed E-state index contributed by atoms with van der Waals surface area (Å²) in [5.74, 6) is -0.00384. The first kappa shape index (κ1) is 13.7. The number of hydrogen-bond acceptors (Lipinski definition) is 2. The van der Waals surface area contributed by atoms with Crippen LogP contribution in [0, 0.1) is 6.92 Å². The Balaban J connectivity index is 2.21. The van der Waals surface area contributed by atoms with Gasteiger partial charge in [0, 0.05) is 18.7 Å². The number of amides is 1. The highest BCUT2D eigenvalue weighted by atomic mass is 16.2. The molecule has 1 rings (SSSR count). The number of carbonyl (C=O) groups excluding carboxylic acids is 1. The fourth-order valence-corrected chi connectivity index (χ4v) is 1.68. The lowest BCUT2D eigenvalue weighted by atomic mass is 10.1. The van der Waals surface area contributed by atoms with E-state index in [-0.39, 0.29) is 12.5 Å². The van der Waals surface area contributed by atoms with E-state index in [0.29, 0.717) is 6.54 Å². The van der Waals surface area contributed by atoms with Crippen molar-refractivity contribution >= 4 is 5.91 Å². The number of nitrogens with one attached hydrogen (secondary N) is 1. The molecule has 0 radical (unpaired) electrons. The average molecular weight is 235 g/mol. The highest BCUT2D eigenvalue weighted by Gasteiger charge is 2.03. The molecule has 3 heteroatoms. The predicted molar refractivity (Wildman–Crippen MR) is 69.1 cm³/mol. The molecule has 0 saturated heterocycles. The summed E-state index contributed by atoms with van der Waals surface area (Å²) in [7, 11) is 0. The zero-order valence-electron chi connectivity index (χ0n) is 10.4. The van der Waals surface area contributed by atoms with E-state index in [2.05, 4.69) is 5.32 Å². The number of aliphatic hydroxyl groups is 1. The number of aryl methyl sites for hydroxylation is 1. The first-order valence-corrected chi connectivity index (χ1v) is 6.20. The summed E-state index contributed by atoms with van der Waals surface area (Å²) in [5.41, 5.74) is 1.82. The topological polar surface area (TPSA) is 49.3 Å². The minimum Gasteiger partial charge on any atom is -0.396 e. The molecule has 0 unspecified atom stereocenters. The van der Waals surface area contributed by atoms with Crippen molar-refractivity contribution in [2.45, 2.75) is 32.6 Å². The fraction of sp³-hybridized carbons (Fsp3) is 0.500. The van der Waals surface area contributed by atoms with Crippen molar-refractivity contribution in [3.05, 3.63) is 35.4 Å². The van der Waals surface area contributed by atoms with Crippen molar-refractivity contribution in [1.29, 1.82) is 0 Å². The Morgan fingerprint density at radius 1 is 1.24 bits per heavy atom. The first-order chi connectivity index (χ1) is 8.24. The molecule has 94 valence electrons. The van der Waals surface area contributed by atoms with E-state index in [0.717, 1.165) is 36.8 Å². The molecular weight excluding hydrogens is 214 g/mol. The molecule has 0 fully saturated rings. The SMILES string of the molecule is Cc1cccc(C(=O)NCCCCCCO)c1. The first-order valence-electron chi connectivity index (χ1n) is 6.20. The van der Waals surface area contributed by atoms with Crippen molar-refractivity contribution in [2.24, 2.45) is 0 Å². The lowest BCUT2D eigenvalue weighted by molar-refractivity contribution is 0.0952. The summed E-state index contributed by atoms with van der Waals surface area (Å²) in [5, 5.41) is 11.5. The molecule has 3 nitrogen and oxygen atoms in total. The average Bonchev–Trinajstić information content (AvgIpc) is 2.33. The Labute approximate surface area is 103 Å². The molecule has 0 saturated carbocycles. The van der Waals surface area contributed by atoms with Gasteiger partial charge in [-0.3, -0.25) is 4.79 Å². The molecule has 0 aliphatic heterocycles. The van der Waals surface area contributed by atoms with Crippen molar-refractivity contribution < 1.29 is 9.90 Å². The molecule has 0 bridgehead atoms. The van der Waals surface area contributed by atoms with Crippen LogP contribution in [0.15, 0.2) is 24.3 Å². The Morgan fingerprint density at radius 2 is 2.00 bits per heavy atom. The highest BCUT2D eigenvalue weighted by molar-refractivity contribution is 5.94. The highest BCUT2D eigenvalue weighted by Crippen LogP contribution is 2.04. The maximum atomic E-state index is 11.7. The quantitative estimate of drug-likeness (QED) is 0.712. The van der Waals surface area contributed by atoms with Gasteiger partial charge in [0.25, 0.3) is 5.91 Å². The Kier molecular flexibility index (Phi) is 6.33. The second-order valence-corrected chi connectivity index (χ2v) is 4.26. The van der Waals surface area contributed by atoms with Crippen LogP contribution in [0.2, 0.25) is 0 Å². The Bertz CT molecular complexity index is 350. The third-order valence-corrected chi connectivity index (χ3v) is 2.65. The monoisotopic (exact) mass is 235 g/mol. The molecule has 1 amide bonds. The number of carbonyl (C=O) groups is 1. The van der Waals surface area contributed by atoms with Gasteiger partial charge in [0.15, 0.2) is 0 Å². The third-order valence-electron chi connectivity index (χ3n) is 2.65. The maximum absolute atomic E-state index is 11.7. The summed E-state index contributed by atoms with van der Waals surface area (Å²) in [6.07, 6.45) is 3.90. The molecule has 0 spiro atoms. The van der Waals surface area contributed by atoms with Crippen LogP contribution in [-0.4, -0.2) is 24.2 Å². The molecule has 1 aromatic carbocycles. The predicted octanol–water partition coefficient (Wildman–Crippen LogP) is 2.28. The Morgan fingerprint density at radius 3 is 2.71 bits per heavy atom. The number of hydrogen-bond donors (Lipinski definition) is 2. The van der Waals surface area contributed by atoms with E-state index in [1.54, 1.807) is 0 Å². The van der Waals surface area contributed by atoms with E-state index in [1.807, 2.05) is 31.2 Å². The Hall–Kier alpha value is -1.35. The van der Waals surface area contributed by atoms with E-state index in [9.17, 15) is 4.79 Å². The summed E-state index contributed by atoms with van der Waals surface area (Å²) in [6.45, 7) is 2.94. The zero-order valence-corrected chi connectivity index (χ0v) is 10.4. The van der Waals surface area contributed by atoms with E-state index < -0.39 is 0 Å². The van der Waals surface area contributed by atoms with Gasteiger partial charge in [-0.1, -0.05) is 30.5 Å². The van der Waals surface area contributed by atoms with Crippen molar-refractivity contribution in [3.63, 3.8) is 0 Å². The fourth-order valence-electron chi connectivity index (χ4n) is 1.68. The molecule has 0 heterocycles. The van der Waals surface area contributed by atoms with Gasteiger partial charge in [-0.2, -0.15) is 0 Å². The molecular formula is C14H21NO2. The summed E-state index contributed by atoms with van der Waals surface area (Å²) in [6, 6.07) is 7.59. The molecule has 17 heavy (non-hydrogen) atoms. The van der Waals surface area contributed by atoms with E-state index in [1.165, 1.54) is 0 Å². The van der Waals surface area contributed by atoms with Gasteiger partial charge in [0.1, 0.15) is 0 Å². The van der Waals surface area contributed by atoms with Crippen LogP contribution >= 0.6 is 0 Å². The molecule has 0 aromatic heterocycles. The van der Waals surface area contributed by atoms with Gasteiger partial charge in [-0.25, -0.2) is 0 Å². The summed E-state index contributed by atoms with van der Waals surface area (Å²) >= 11 is 0. The smallest absolute Gasteiger partial charge is 0.251 e. The molecule has 0 aliphatic rings. The van der Waals surface area contributed by atoms with Crippen molar-refractivity contribution in [3.8, 4) is 0 Å². The maximum Gasteiger partial charge on any atom is 0.251 e. The standard InChI is InChI=1S/C14H21NO2/c1-12-7-6-8-13(11-12)14(17)15-9-4-2-3-5-10-16/h6-8,11,16H,2-5,9-10H2,1H3,(H,15,17). The van der Waals surface area contributed by atoms with Gasteiger partial charge in [-0.05, 0) is 31.9 Å². The van der Waals surface area contributed by atoms with E-state index in [4.69, 9.17) is 5.11 Å². The molecule has 1 aromatic rings. The number of benzene rings is 1. The number of aliphatic hydroxyl groups excluding tert-OH is 1. The van der Waals surface area contributed by atoms with Crippen LogP contribution < -0.4 is 5.32 Å². The van der Waals surface area contributed by atoms with Crippen LogP contribution in [-0.2, 0) is 0 Å². The minimum atomic E-state index is -0.00384. The minimum absolute atomic E-state index is 0.00384. The number of rotatable bonds is 7. The second kappa shape index (κ2) is 7.85. The second-order valence-electron chi connectivity index (χ2n) is 4.26. The van der Waals surface area contributed by atoms with Crippen LogP contribution in [0.1, 0.15) is 41.6 Å². The lowest BCUT2D eigenvalue weighted by Gasteiger charge is -2.05. The van der Waals surface area contributed by atoms with Gasteiger partial charge < -0.3 is 10.4 Å². The van der Waals surface area contributed by atoms with Crippen LogP contribution in [0.3, 0.4) is 0 Å². The third kappa shape index (κ3) is 5.50. The molecule has 2 N–H and O–H groups in total. The van der Waals surface area contributed by atoms with Crippen molar-refractivity contribution in [1.82, 2.24) is 5.32 Å². The largest absolute Gasteiger partial charge is 0.396 e. The van der Waals surface area contributed by atoms with Gasteiger partial charge in [-0.15, -0.1) is 0 Å². The van der Waals surface area contributed by atoms with Gasteiger partial charge in [0.05, 0.1) is 0 Å². The lowest BCUT2D eigenvalue weighted by Crippen LogP contribution is -2.24. The molecule has 0 aliphatic carbocycles. The van der Waals surface area contributed by atoms with E-state index >= 15 is 0 Å². The summed E-state index contributed by atoms with van der Waals surface area (Å²) < 4.78 is 0.